The van der Waals surface area contributed by atoms with Gasteiger partial charge in [-0.15, -0.1) is 0 Å². The molecule has 1 aromatic heterocycles. The smallest absolute Gasteiger partial charge is 0.123 e. The highest BCUT2D eigenvalue weighted by molar-refractivity contribution is 5.63. The highest BCUT2D eigenvalue weighted by Crippen LogP contribution is 2.26. The zero-order chi connectivity index (χ0) is 19.5. The van der Waals surface area contributed by atoms with Crippen molar-refractivity contribution in [2.75, 3.05) is 0 Å². The first-order chi connectivity index (χ1) is 13.6. The third-order valence-electron chi connectivity index (χ3n) is 5.43. The van der Waals surface area contributed by atoms with Gasteiger partial charge in [-0.1, -0.05) is 24.3 Å². The minimum absolute atomic E-state index is 0.162. The van der Waals surface area contributed by atoms with Gasteiger partial charge in [-0.05, 0) is 62.4 Å². The third kappa shape index (κ3) is 4.32. The van der Waals surface area contributed by atoms with E-state index in [0.717, 1.165) is 48.2 Å². The average molecular weight is 379 g/mol. The van der Waals surface area contributed by atoms with Crippen molar-refractivity contribution in [3.05, 3.63) is 71.7 Å². The Bertz CT molecular complexity index is 945. The Labute approximate surface area is 165 Å². The zero-order valence-electron chi connectivity index (χ0n) is 16.1. The predicted octanol–water partition coefficient (Wildman–Crippen LogP) is 4.38. The maximum absolute atomic E-state index is 13.8. The van der Waals surface area contributed by atoms with Gasteiger partial charge in [0.2, 0.25) is 0 Å². The molecule has 4 nitrogen and oxygen atoms in total. The van der Waals surface area contributed by atoms with Gasteiger partial charge in [0.15, 0.2) is 0 Å². The summed E-state index contributed by atoms with van der Waals surface area (Å²) in [5.74, 6) is -0.261. The molecule has 28 heavy (non-hydrogen) atoms. The maximum Gasteiger partial charge on any atom is 0.123 e. The average Bonchev–Trinajstić information content (AvgIpc) is 3.12. The quantitative estimate of drug-likeness (QED) is 0.692. The molecule has 0 aliphatic heterocycles. The molecule has 1 aliphatic rings. The minimum atomic E-state index is -0.261. The fraction of sp³-hybridized carbons (Fsp3) is 0.348. The zero-order valence-corrected chi connectivity index (χ0v) is 16.1. The Morgan fingerprint density at radius 2 is 1.89 bits per heavy atom. The number of nitrogens with zero attached hydrogens (tertiary/aromatic N) is 2. The van der Waals surface area contributed by atoms with Gasteiger partial charge in [0, 0.05) is 29.9 Å². The lowest BCUT2D eigenvalue weighted by molar-refractivity contribution is 0.116. The Balaban J connectivity index is 1.63. The monoisotopic (exact) mass is 379 g/mol. The van der Waals surface area contributed by atoms with E-state index in [9.17, 15) is 9.50 Å². The third-order valence-corrected chi connectivity index (χ3v) is 5.43. The number of halogens is 1. The van der Waals surface area contributed by atoms with Gasteiger partial charge < -0.3 is 10.4 Å². The van der Waals surface area contributed by atoms with Crippen molar-refractivity contribution < 1.29 is 9.50 Å². The first kappa shape index (κ1) is 18.8. The molecule has 0 spiro atoms. The first-order valence-electron chi connectivity index (χ1n) is 9.91. The second kappa shape index (κ2) is 8.25. The van der Waals surface area contributed by atoms with Crippen LogP contribution in [-0.4, -0.2) is 27.0 Å². The Hall–Kier alpha value is -2.50. The summed E-state index contributed by atoms with van der Waals surface area (Å²) in [6, 6.07) is 15.2. The summed E-state index contributed by atoms with van der Waals surface area (Å²) in [7, 11) is 0. The van der Waals surface area contributed by atoms with Crippen molar-refractivity contribution in [3.63, 3.8) is 0 Å². The molecular formula is C23H26FN3O. The van der Waals surface area contributed by atoms with E-state index in [-0.39, 0.29) is 11.9 Å². The number of aromatic nitrogens is 2. The molecule has 0 atom stereocenters. The molecule has 5 heteroatoms. The van der Waals surface area contributed by atoms with Crippen LogP contribution >= 0.6 is 0 Å². The summed E-state index contributed by atoms with van der Waals surface area (Å²) in [6.45, 7) is 2.72. The summed E-state index contributed by atoms with van der Waals surface area (Å²) in [5, 5.41) is 18.1. The van der Waals surface area contributed by atoms with Crippen molar-refractivity contribution in [3.8, 4) is 16.9 Å². The van der Waals surface area contributed by atoms with Crippen molar-refractivity contribution in [1.82, 2.24) is 15.1 Å². The SMILES string of the molecule is Cc1cccc(-n2cc(CNC3CCC(O)CC3)c(-c3cccc(F)c3)n2)c1. The van der Waals surface area contributed by atoms with Gasteiger partial charge in [0.25, 0.3) is 0 Å². The van der Waals surface area contributed by atoms with Crippen LogP contribution in [0.25, 0.3) is 16.9 Å². The van der Waals surface area contributed by atoms with Gasteiger partial charge in [-0.3, -0.25) is 0 Å². The van der Waals surface area contributed by atoms with E-state index in [1.54, 1.807) is 6.07 Å². The van der Waals surface area contributed by atoms with Gasteiger partial charge in [0.1, 0.15) is 5.82 Å². The van der Waals surface area contributed by atoms with Crippen LogP contribution in [0.2, 0.25) is 0 Å². The van der Waals surface area contributed by atoms with Crippen LogP contribution in [0.1, 0.15) is 36.8 Å². The molecule has 3 aromatic rings. The summed E-state index contributed by atoms with van der Waals surface area (Å²) in [5.41, 5.74) is 4.77. The number of aliphatic hydroxyl groups excluding tert-OH is 1. The van der Waals surface area contributed by atoms with Crippen molar-refractivity contribution in [1.29, 1.82) is 0 Å². The van der Waals surface area contributed by atoms with E-state index in [1.807, 2.05) is 29.1 Å². The fourth-order valence-corrected chi connectivity index (χ4v) is 3.85. The van der Waals surface area contributed by atoms with Crippen molar-refractivity contribution in [2.24, 2.45) is 0 Å². The summed E-state index contributed by atoms with van der Waals surface area (Å²) >= 11 is 0. The fourth-order valence-electron chi connectivity index (χ4n) is 3.85. The Morgan fingerprint density at radius 3 is 2.64 bits per heavy atom. The number of hydrogen-bond acceptors (Lipinski definition) is 3. The summed E-state index contributed by atoms with van der Waals surface area (Å²) in [4.78, 5) is 0. The predicted molar refractivity (Wildman–Crippen MR) is 109 cm³/mol. The van der Waals surface area contributed by atoms with E-state index in [0.29, 0.717) is 12.6 Å². The summed E-state index contributed by atoms with van der Waals surface area (Å²) < 4.78 is 15.7. The lowest BCUT2D eigenvalue weighted by Crippen LogP contribution is -2.34. The molecule has 1 fully saturated rings. The van der Waals surface area contributed by atoms with Crippen LogP contribution in [0.4, 0.5) is 4.39 Å². The second-order valence-corrected chi connectivity index (χ2v) is 7.68. The number of aryl methyl sites for hydroxylation is 1. The van der Waals surface area contributed by atoms with E-state index in [4.69, 9.17) is 5.10 Å². The molecule has 0 unspecified atom stereocenters. The molecule has 2 aromatic carbocycles. The van der Waals surface area contributed by atoms with E-state index < -0.39 is 0 Å². The van der Waals surface area contributed by atoms with E-state index in [2.05, 4.69) is 24.4 Å². The van der Waals surface area contributed by atoms with Crippen molar-refractivity contribution in [2.45, 2.75) is 51.3 Å². The molecule has 0 amide bonds. The van der Waals surface area contributed by atoms with Crippen LogP contribution in [0.15, 0.2) is 54.7 Å². The Kier molecular flexibility index (Phi) is 5.55. The molecule has 0 bridgehead atoms. The number of rotatable bonds is 5. The van der Waals surface area contributed by atoms with Crippen LogP contribution in [0.3, 0.4) is 0 Å². The molecule has 0 saturated heterocycles. The Morgan fingerprint density at radius 1 is 1.11 bits per heavy atom. The minimum Gasteiger partial charge on any atom is -0.393 e. The van der Waals surface area contributed by atoms with E-state index in [1.165, 1.54) is 17.7 Å². The molecule has 146 valence electrons. The van der Waals surface area contributed by atoms with Crippen LogP contribution < -0.4 is 5.32 Å². The van der Waals surface area contributed by atoms with E-state index >= 15 is 0 Å². The molecule has 4 rings (SSSR count). The van der Waals surface area contributed by atoms with Crippen molar-refractivity contribution >= 4 is 0 Å². The van der Waals surface area contributed by atoms with Crippen LogP contribution in [-0.2, 0) is 6.54 Å². The van der Waals surface area contributed by atoms with Gasteiger partial charge >= 0.3 is 0 Å². The molecule has 2 N–H and O–H groups in total. The number of hydrogen-bond donors (Lipinski definition) is 2. The molecule has 0 radical (unpaired) electrons. The first-order valence-corrected chi connectivity index (χ1v) is 9.91. The van der Waals surface area contributed by atoms with Crippen LogP contribution in [0, 0.1) is 12.7 Å². The van der Waals surface area contributed by atoms with Crippen LogP contribution in [0.5, 0.6) is 0 Å². The topological polar surface area (TPSA) is 50.1 Å². The lowest BCUT2D eigenvalue weighted by Gasteiger charge is -2.26. The van der Waals surface area contributed by atoms with Gasteiger partial charge in [-0.25, -0.2) is 9.07 Å². The lowest BCUT2D eigenvalue weighted by atomic mass is 9.93. The molecule has 1 heterocycles. The standard InChI is InChI=1S/C23H26FN3O/c1-16-4-2-7-21(12-16)27-15-18(14-25-20-8-10-22(28)11-9-20)23(26-27)17-5-3-6-19(24)13-17/h2-7,12-13,15,20,22,25,28H,8-11,14H2,1H3. The molecular weight excluding hydrogens is 353 g/mol. The van der Waals surface area contributed by atoms with Gasteiger partial charge in [-0.2, -0.15) is 5.10 Å². The highest BCUT2D eigenvalue weighted by Gasteiger charge is 2.20. The number of nitrogens with one attached hydrogen (secondary N) is 1. The maximum atomic E-state index is 13.8. The molecule has 1 aliphatic carbocycles. The molecule has 1 saturated carbocycles. The normalized spacial score (nSPS) is 19.7. The number of aliphatic hydroxyl groups is 1. The number of benzene rings is 2. The largest absolute Gasteiger partial charge is 0.393 e. The summed E-state index contributed by atoms with van der Waals surface area (Å²) in [6.07, 6.45) is 5.50. The second-order valence-electron chi connectivity index (χ2n) is 7.68. The van der Waals surface area contributed by atoms with Gasteiger partial charge in [0.05, 0.1) is 17.5 Å². The highest BCUT2D eigenvalue weighted by atomic mass is 19.1.